The fourth-order valence-corrected chi connectivity index (χ4v) is 2.32. The van der Waals surface area contributed by atoms with Gasteiger partial charge in [-0.2, -0.15) is 0 Å². The van der Waals surface area contributed by atoms with E-state index in [2.05, 4.69) is 0 Å². The van der Waals surface area contributed by atoms with E-state index in [0.717, 1.165) is 12.8 Å². The van der Waals surface area contributed by atoms with Crippen LogP contribution in [-0.4, -0.2) is 44.2 Å². The summed E-state index contributed by atoms with van der Waals surface area (Å²) < 4.78 is 10.5. The molecule has 2 N–H and O–H groups in total. The van der Waals surface area contributed by atoms with E-state index in [1.54, 1.807) is 30.2 Å². The molecule has 5 nitrogen and oxygen atoms in total. The fraction of sp³-hybridized carbons (Fsp3) is 0.500. The van der Waals surface area contributed by atoms with Gasteiger partial charge in [0.2, 0.25) is 0 Å². The second-order valence-electron chi connectivity index (χ2n) is 4.72. The van der Waals surface area contributed by atoms with Gasteiger partial charge >= 0.3 is 0 Å². The quantitative estimate of drug-likeness (QED) is 0.841. The van der Waals surface area contributed by atoms with E-state index in [1.165, 1.54) is 0 Å². The van der Waals surface area contributed by atoms with Crippen molar-refractivity contribution < 1.29 is 14.3 Å². The Bertz CT molecular complexity index is 456. The maximum Gasteiger partial charge on any atom is 0.257 e. The number of hydrogen-bond donors (Lipinski definition) is 1. The highest BCUT2D eigenvalue weighted by Crippen LogP contribution is 2.24. The Balaban J connectivity index is 2.20. The minimum Gasteiger partial charge on any atom is -0.496 e. The number of amides is 1. The number of benzene rings is 1. The molecule has 1 amide bonds. The number of nitrogens with zero attached hydrogens (tertiary/aromatic N) is 1. The lowest BCUT2D eigenvalue weighted by Crippen LogP contribution is -2.40. The molecule has 0 radical (unpaired) electrons. The number of ether oxygens (including phenoxy) is 2. The second kappa shape index (κ2) is 5.93. The van der Waals surface area contributed by atoms with Crippen LogP contribution in [0.4, 0.5) is 5.69 Å². The Morgan fingerprint density at radius 3 is 2.74 bits per heavy atom. The predicted octanol–water partition coefficient (Wildman–Crippen LogP) is 1.53. The Labute approximate surface area is 113 Å². The van der Waals surface area contributed by atoms with Crippen LogP contribution in [0.3, 0.4) is 0 Å². The van der Waals surface area contributed by atoms with Gasteiger partial charge in [0.05, 0.1) is 12.7 Å². The summed E-state index contributed by atoms with van der Waals surface area (Å²) in [5.41, 5.74) is 6.82. The Hall–Kier alpha value is -1.75. The Morgan fingerprint density at radius 2 is 2.11 bits per heavy atom. The SMILES string of the molecule is COc1ccc(N)cc1C(=O)N(C)C1CCOCC1. The second-order valence-corrected chi connectivity index (χ2v) is 4.72. The molecule has 19 heavy (non-hydrogen) atoms. The van der Waals surface area contributed by atoms with E-state index in [4.69, 9.17) is 15.2 Å². The molecule has 2 rings (SSSR count). The van der Waals surface area contributed by atoms with E-state index in [-0.39, 0.29) is 11.9 Å². The first-order valence-corrected chi connectivity index (χ1v) is 6.42. The standard InChI is InChI=1S/C14H20N2O3/c1-16(11-5-7-19-8-6-11)14(17)12-9-10(15)3-4-13(12)18-2/h3-4,9,11H,5-8,15H2,1-2H3. The molecule has 0 aliphatic carbocycles. The monoisotopic (exact) mass is 264 g/mol. The third-order valence-electron chi connectivity index (χ3n) is 3.51. The van der Waals surface area contributed by atoms with E-state index in [0.29, 0.717) is 30.2 Å². The van der Waals surface area contributed by atoms with Gasteiger partial charge in [-0.1, -0.05) is 0 Å². The van der Waals surface area contributed by atoms with Crippen molar-refractivity contribution in [1.82, 2.24) is 4.90 Å². The first-order valence-electron chi connectivity index (χ1n) is 6.42. The smallest absolute Gasteiger partial charge is 0.257 e. The van der Waals surface area contributed by atoms with Crippen LogP contribution in [0.15, 0.2) is 18.2 Å². The summed E-state index contributed by atoms with van der Waals surface area (Å²) in [5.74, 6) is 0.495. The molecule has 1 aliphatic heterocycles. The first kappa shape index (κ1) is 13.7. The number of anilines is 1. The van der Waals surface area contributed by atoms with Crippen LogP contribution < -0.4 is 10.5 Å². The zero-order chi connectivity index (χ0) is 13.8. The van der Waals surface area contributed by atoms with Gasteiger partial charge in [-0.3, -0.25) is 4.79 Å². The minimum atomic E-state index is -0.0592. The van der Waals surface area contributed by atoms with Crippen LogP contribution in [0, 0.1) is 0 Å². The lowest BCUT2D eigenvalue weighted by Gasteiger charge is -2.31. The molecule has 1 aliphatic rings. The van der Waals surface area contributed by atoms with Crippen LogP contribution >= 0.6 is 0 Å². The van der Waals surface area contributed by atoms with E-state index >= 15 is 0 Å². The molecule has 1 heterocycles. The molecule has 1 aromatic carbocycles. The summed E-state index contributed by atoms with van der Waals surface area (Å²) in [6.07, 6.45) is 1.74. The van der Waals surface area contributed by atoms with Crippen molar-refractivity contribution in [2.75, 3.05) is 33.1 Å². The molecule has 0 saturated carbocycles. The maximum atomic E-state index is 12.5. The summed E-state index contributed by atoms with van der Waals surface area (Å²) in [7, 11) is 3.37. The summed E-state index contributed by atoms with van der Waals surface area (Å²) >= 11 is 0. The Kier molecular flexibility index (Phi) is 4.27. The average molecular weight is 264 g/mol. The molecule has 0 spiro atoms. The number of carbonyl (C=O) groups is 1. The Morgan fingerprint density at radius 1 is 1.42 bits per heavy atom. The van der Waals surface area contributed by atoms with E-state index in [9.17, 15) is 4.79 Å². The molecule has 0 unspecified atom stereocenters. The van der Waals surface area contributed by atoms with E-state index in [1.807, 2.05) is 7.05 Å². The number of nitrogen functional groups attached to an aromatic ring is 1. The van der Waals surface area contributed by atoms with Gasteiger partial charge in [-0.15, -0.1) is 0 Å². The summed E-state index contributed by atoms with van der Waals surface area (Å²) in [6.45, 7) is 1.41. The van der Waals surface area contributed by atoms with Crippen molar-refractivity contribution >= 4 is 11.6 Å². The molecular weight excluding hydrogens is 244 g/mol. The minimum absolute atomic E-state index is 0.0592. The van der Waals surface area contributed by atoms with E-state index < -0.39 is 0 Å². The summed E-state index contributed by atoms with van der Waals surface area (Å²) in [6, 6.07) is 5.33. The van der Waals surface area contributed by atoms with Gasteiger partial charge in [0.25, 0.3) is 5.91 Å². The molecule has 104 valence electrons. The lowest BCUT2D eigenvalue weighted by molar-refractivity contribution is 0.0360. The van der Waals surface area contributed by atoms with Gasteiger partial charge in [0.1, 0.15) is 5.75 Å². The van der Waals surface area contributed by atoms with Crippen LogP contribution in [-0.2, 0) is 4.74 Å². The normalized spacial score (nSPS) is 16.1. The van der Waals surface area contributed by atoms with Gasteiger partial charge in [-0.25, -0.2) is 0 Å². The summed E-state index contributed by atoms with van der Waals surface area (Å²) in [5, 5.41) is 0. The molecule has 1 saturated heterocycles. The van der Waals surface area contributed by atoms with Gasteiger partial charge in [0, 0.05) is 32.0 Å². The molecule has 0 atom stereocenters. The molecule has 1 fully saturated rings. The number of hydrogen-bond acceptors (Lipinski definition) is 4. The molecule has 1 aromatic rings. The van der Waals surface area contributed by atoms with Crippen molar-refractivity contribution in [3.63, 3.8) is 0 Å². The molecule has 0 bridgehead atoms. The highest BCUT2D eigenvalue weighted by atomic mass is 16.5. The third kappa shape index (κ3) is 2.98. The largest absolute Gasteiger partial charge is 0.496 e. The zero-order valence-electron chi connectivity index (χ0n) is 11.4. The van der Waals surface area contributed by atoms with Crippen molar-refractivity contribution in [3.8, 4) is 5.75 Å². The highest BCUT2D eigenvalue weighted by molar-refractivity contribution is 5.97. The lowest BCUT2D eigenvalue weighted by atomic mass is 10.1. The fourth-order valence-electron chi connectivity index (χ4n) is 2.32. The van der Waals surface area contributed by atoms with Gasteiger partial charge < -0.3 is 20.1 Å². The van der Waals surface area contributed by atoms with Crippen LogP contribution in [0.2, 0.25) is 0 Å². The van der Waals surface area contributed by atoms with Crippen molar-refractivity contribution in [2.45, 2.75) is 18.9 Å². The van der Waals surface area contributed by atoms with Crippen LogP contribution in [0.1, 0.15) is 23.2 Å². The molecular formula is C14H20N2O3. The molecule has 0 aromatic heterocycles. The number of rotatable bonds is 3. The van der Waals surface area contributed by atoms with Gasteiger partial charge in [0.15, 0.2) is 0 Å². The average Bonchev–Trinajstić information content (AvgIpc) is 2.46. The van der Waals surface area contributed by atoms with Crippen molar-refractivity contribution in [3.05, 3.63) is 23.8 Å². The topological polar surface area (TPSA) is 64.8 Å². The molecule has 5 heteroatoms. The van der Waals surface area contributed by atoms with Crippen LogP contribution in [0.5, 0.6) is 5.75 Å². The maximum absolute atomic E-state index is 12.5. The van der Waals surface area contributed by atoms with Gasteiger partial charge in [-0.05, 0) is 31.0 Å². The number of methoxy groups -OCH3 is 1. The number of nitrogens with two attached hydrogens (primary N) is 1. The summed E-state index contributed by atoms with van der Waals surface area (Å²) in [4.78, 5) is 14.3. The number of carbonyl (C=O) groups excluding carboxylic acids is 1. The first-order chi connectivity index (χ1) is 9.13. The van der Waals surface area contributed by atoms with Crippen molar-refractivity contribution in [2.24, 2.45) is 0 Å². The third-order valence-corrected chi connectivity index (χ3v) is 3.51. The van der Waals surface area contributed by atoms with Crippen molar-refractivity contribution in [1.29, 1.82) is 0 Å². The highest BCUT2D eigenvalue weighted by Gasteiger charge is 2.25. The predicted molar refractivity (Wildman–Crippen MR) is 73.3 cm³/mol. The van der Waals surface area contributed by atoms with Crippen LogP contribution in [0.25, 0.3) is 0 Å². The zero-order valence-corrected chi connectivity index (χ0v) is 11.4.